The third-order valence-corrected chi connectivity index (χ3v) is 7.10. The number of ether oxygens (including phenoxy) is 3. The van der Waals surface area contributed by atoms with E-state index in [0.29, 0.717) is 32.1 Å². The summed E-state index contributed by atoms with van der Waals surface area (Å²) in [5.74, 6) is 0.711. The fraction of sp³-hybridized carbons (Fsp3) is 0.208. The van der Waals surface area contributed by atoms with Gasteiger partial charge in [0.1, 0.15) is 0 Å². The Morgan fingerprint density at radius 3 is 2.76 bits per heavy atom. The lowest BCUT2D eigenvalue weighted by Crippen LogP contribution is -2.39. The second-order valence-electron chi connectivity index (χ2n) is 7.47. The van der Waals surface area contributed by atoms with E-state index in [4.69, 9.17) is 14.2 Å². The number of allylic oxidation sites excluding steroid dienone is 1. The van der Waals surface area contributed by atoms with Gasteiger partial charge in [-0.3, -0.25) is 9.36 Å². The maximum absolute atomic E-state index is 13.6. The normalized spacial score (nSPS) is 17.1. The minimum absolute atomic E-state index is 0.136. The van der Waals surface area contributed by atoms with Gasteiger partial charge in [-0.05, 0) is 77.9 Å². The highest BCUT2D eigenvalue weighted by atomic mass is 127. The number of esters is 1. The third kappa shape index (κ3) is 3.99. The van der Waals surface area contributed by atoms with Crippen molar-refractivity contribution >= 4 is 46.0 Å². The highest BCUT2D eigenvalue weighted by Gasteiger charge is 2.34. The molecule has 0 amide bonds. The molecule has 9 heteroatoms. The van der Waals surface area contributed by atoms with Gasteiger partial charge >= 0.3 is 5.97 Å². The predicted octanol–water partition coefficient (Wildman–Crippen LogP) is 3.13. The SMILES string of the molecule is CCOC(=O)C1=C(C)N=c2s/c(=C\c3ccc(I)cc3)c(=O)n2[C@@H]1c1ccc2c(c1)OCO2. The van der Waals surface area contributed by atoms with Crippen molar-refractivity contribution < 1.29 is 19.0 Å². The number of benzene rings is 2. The summed E-state index contributed by atoms with van der Waals surface area (Å²) in [7, 11) is 0. The van der Waals surface area contributed by atoms with E-state index in [2.05, 4.69) is 27.6 Å². The van der Waals surface area contributed by atoms with E-state index in [9.17, 15) is 9.59 Å². The molecular formula is C24H19IN2O5S. The van der Waals surface area contributed by atoms with Crippen molar-refractivity contribution in [2.24, 2.45) is 4.99 Å². The summed E-state index contributed by atoms with van der Waals surface area (Å²) in [6.45, 7) is 3.87. The molecule has 0 saturated heterocycles. The van der Waals surface area contributed by atoms with E-state index >= 15 is 0 Å². The molecule has 1 aromatic heterocycles. The first-order valence-corrected chi connectivity index (χ1v) is 12.2. The molecule has 0 fully saturated rings. The molecule has 168 valence electrons. The van der Waals surface area contributed by atoms with Crippen LogP contribution in [0.4, 0.5) is 0 Å². The van der Waals surface area contributed by atoms with E-state index in [1.165, 1.54) is 11.3 Å². The Morgan fingerprint density at radius 1 is 1.24 bits per heavy atom. The highest BCUT2D eigenvalue weighted by molar-refractivity contribution is 14.1. The van der Waals surface area contributed by atoms with Crippen molar-refractivity contribution in [1.29, 1.82) is 0 Å². The number of halogens is 1. The number of hydrogen-bond donors (Lipinski definition) is 0. The van der Waals surface area contributed by atoms with Crippen LogP contribution in [0.1, 0.15) is 31.0 Å². The molecular weight excluding hydrogens is 555 g/mol. The average molecular weight is 574 g/mol. The first-order valence-electron chi connectivity index (χ1n) is 10.3. The molecule has 0 N–H and O–H groups in total. The molecule has 3 aromatic rings. The largest absolute Gasteiger partial charge is 0.463 e. The number of thiazole rings is 1. The lowest BCUT2D eigenvalue weighted by atomic mass is 9.95. The zero-order valence-corrected chi connectivity index (χ0v) is 20.8. The molecule has 0 aliphatic carbocycles. The van der Waals surface area contributed by atoms with Gasteiger partial charge in [-0.15, -0.1) is 0 Å². The Balaban J connectivity index is 1.72. The molecule has 0 unspecified atom stereocenters. The molecule has 1 atom stereocenters. The molecule has 5 rings (SSSR count). The van der Waals surface area contributed by atoms with E-state index in [1.807, 2.05) is 36.4 Å². The van der Waals surface area contributed by atoms with Crippen LogP contribution in [0.3, 0.4) is 0 Å². The second-order valence-corrected chi connectivity index (χ2v) is 9.72. The van der Waals surface area contributed by atoms with Crippen molar-refractivity contribution in [3.63, 3.8) is 0 Å². The third-order valence-electron chi connectivity index (χ3n) is 5.40. The second kappa shape index (κ2) is 8.79. The molecule has 0 radical (unpaired) electrons. The number of rotatable bonds is 4. The van der Waals surface area contributed by atoms with Gasteiger partial charge in [0.05, 0.1) is 28.5 Å². The maximum atomic E-state index is 13.6. The molecule has 0 spiro atoms. The molecule has 3 heterocycles. The fourth-order valence-electron chi connectivity index (χ4n) is 3.90. The van der Waals surface area contributed by atoms with Crippen LogP contribution in [0, 0.1) is 3.57 Å². The predicted molar refractivity (Wildman–Crippen MR) is 132 cm³/mol. The van der Waals surface area contributed by atoms with Gasteiger partial charge in [0, 0.05) is 3.57 Å². The Hall–Kier alpha value is -2.92. The lowest BCUT2D eigenvalue weighted by molar-refractivity contribution is -0.139. The first-order chi connectivity index (χ1) is 16.0. The molecule has 2 aliphatic heterocycles. The Labute approximate surface area is 206 Å². The van der Waals surface area contributed by atoms with Gasteiger partial charge in [-0.2, -0.15) is 0 Å². The summed E-state index contributed by atoms with van der Waals surface area (Å²) in [5.41, 5.74) is 2.29. The molecule has 7 nitrogen and oxygen atoms in total. The van der Waals surface area contributed by atoms with Crippen LogP contribution in [0.15, 0.2) is 63.5 Å². The number of nitrogens with zero attached hydrogens (tertiary/aromatic N) is 2. The van der Waals surface area contributed by atoms with E-state index in [-0.39, 0.29) is 19.0 Å². The minimum Gasteiger partial charge on any atom is -0.463 e. The Bertz CT molecular complexity index is 1470. The molecule has 0 bridgehead atoms. The van der Waals surface area contributed by atoms with E-state index in [1.54, 1.807) is 30.5 Å². The number of aromatic nitrogens is 1. The lowest BCUT2D eigenvalue weighted by Gasteiger charge is -2.24. The van der Waals surface area contributed by atoms with Crippen LogP contribution >= 0.6 is 33.9 Å². The van der Waals surface area contributed by atoms with Crippen LogP contribution in [0.5, 0.6) is 11.5 Å². The zero-order valence-electron chi connectivity index (χ0n) is 17.8. The van der Waals surface area contributed by atoms with E-state index in [0.717, 1.165) is 14.7 Å². The van der Waals surface area contributed by atoms with Crippen LogP contribution < -0.4 is 24.4 Å². The fourth-order valence-corrected chi connectivity index (χ4v) is 5.31. The molecule has 0 saturated carbocycles. The zero-order chi connectivity index (χ0) is 23.1. The number of carbonyl (C=O) groups is 1. The highest BCUT2D eigenvalue weighted by Crippen LogP contribution is 2.38. The van der Waals surface area contributed by atoms with Gasteiger partial charge in [0.15, 0.2) is 16.3 Å². The average Bonchev–Trinajstić information content (AvgIpc) is 3.38. The maximum Gasteiger partial charge on any atom is 0.338 e. The van der Waals surface area contributed by atoms with Crippen LogP contribution in [-0.2, 0) is 9.53 Å². The Kier molecular flexibility index (Phi) is 5.83. The summed E-state index contributed by atoms with van der Waals surface area (Å²) in [5, 5.41) is 0. The minimum atomic E-state index is -0.686. The van der Waals surface area contributed by atoms with Gasteiger partial charge in [0.25, 0.3) is 5.56 Å². The molecule has 33 heavy (non-hydrogen) atoms. The van der Waals surface area contributed by atoms with Gasteiger partial charge in [0.2, 0.25) is 6.79 Å². The van der Waals surface area contributed by atoms with Crippen LogP contribution in [0.25, 0.3) is 6.08 Å². The van der Waals surface area contributed by atoms with Crippen molar-refractivity contribution in [3.8, 4) is 11.5 Å². The summed E-state index contributed by atoms with van der Waals surface area (Å²) in [6, 6.07) is 12.7. The number of fused-ring (bicyclic) bond motifs is 2. The molecule has 2 aliphatic rings. The van der Waals surface area contributed by atoms with Gasteiger partial charge < -0.3 is 14.2 Å². The van der Waals surface area contributed by atoms with Gasteiger partial charge in [-0.25, -0.2) is 9.79 Å². The summed E-state index contributed by atoms with van der Waals surface area (Å²) in [6.07, 6.45) is 1.85. The monoisotopic (exact) mass is 574 g/mol. The quantitative estimate of drug-likeness (QED) is 0.354. The van der Waals surface area contributed by atoms with Crippen molar-refractivity contribution in [2.45, 2.75) is 19.9 Å². The standard InChI is InChI=1S/C24H19IN2O5S/c1-3-30-23(29)20-13(2)26-24-27(21(20)15-6-9-17-18(11-15)32-12-31-17)22(28)19(33-24)10-14-4-7-16(25)8-5-14/h4-11,21H,3,12H2,1-2H3/b19-10-/t21-/m1/s1. The van der Waals surface area contributed by atoms with Crippen molar-refractivity contribution in [1.82, 2.24) is 4.57 Å². The summed E-state index contributed by atoms with van der Waals surface area (Å²) in [4.78, 5) is 31.7. The summed E-state index contributed by atoms with van der Waals surface area (Å²) < 4.78 is 19.5. The van der Waals surface area contributed by atoms with Crippen molar-refractivity contribution in [3.05, 3.63) is 88.1 Å². The van der Waals surface area contributed by atoms with Crippen LogP contribution in [0.2, 0.25) is 0 Å². The van der Waals surface area contributed by atoms with Crippen LogP contribution in [-0.4, -0.2) is 23.9 Å². The van der Waals surface area contributed by atoms with E-state index < -0.39 is 12.0 Å². The number of hydrogen-bond acceptors (Lipinski definition) is 7. The topological polar surface area (TPSA) is 79.1 Å². The smallest absolute Gasteiger partial charge is 0.338 e. The van der Waals surface area contributed by atoms with Gasteiger partial charge in [-0.1, -0.05) is 29.5 Å². The summed E-state index contributed by atoms with van der Waals surface area (Å²) >= 11 is 3.54. The Morgan fingerprint density at radius 2 is 2.00 bits per heavy atom. The van der Waals surface area contributed by atoms with Crippen molar-refractivity contribution in [2.75, 3.05) is 13.4 Å². The first kappa shape index (κ1) is 21.9. The number of carbonyl (C=O) groups excluding carboxylic acids is 1. The molecule has 2 aromatic carbocycles.